The van der Waals surface area contributed by atoms with Crippen molar-refractivity contribution in [3.63, 3.8) is 0 Å². The summed E-state index contributed by atoms with van der Waals surface area (Å²) in [4.78, 5) is 13.1. The summed E-state index contributed by atoms with van der Waals surface area (Å²) in [5.74, 6) is -1.13. The predicted octanol–water partition coefficient (Wildman–Crippen LogP) is 4.50. The van der Waals surface area contributed by atoms with E-state index in [0.717, 1.165) is 16.7 Å². The SMILES string of the molecule is CCSc1ccc(C(=O)Cc2cccc(F)c2F)cc1. The Balaban J connectivity index is 2.13. The molecule has 0 unspecified atom stereocenters. The van der Waals surface area contributed by atoms with Crippen molar-refractivity contribution in [2.45, 2.75) is 18.2 Å². The van der Waals surface area contributed by atoms with E-state index in [9.17, 15) is 13.6 Å². The third-order valence-electron chi connectivity index (χ3n) is 2.87. The van der Waals surface area contributed by atoms with Gasteiger partial charge < -0.3 is 0 Å². The van der Waals surface area contributed by atoms with Crippen LogP contribution in [0, 0.1) is 11.6 Å². The van der Waals surface area contributed by atoms with Crippen LogP contribution in [0.2, 0.25) is 0 Å². The molecule has 2 rings (SSSR count). The number of hydrogen-bond acceptors (Lipinski definition) is 2. The summed E-state index contributed by atoms with van der Waals surface area (Å²) in [7, 11) is 0. The van der Waals surface area contributed by atoms with Gasteiger partial charge in [0.15, 0.2) is 17.4 Å². The molecule has 0 aliphatic rings. The quantitative estimate of drug-likeness (QED) is 0.596. The van der Waals surface area contributed by atoms with Crippen LogP contribution in [0.3, 0.4) is 0 Å². The highest BCUT2D eigenvalue weighted by atomic mass is 32.2. The standard InChI is InChI=1S/C16H14F2OS/c1-2-20-13-8-6-11(7-9-13)15(19)10-12-4-3-5-14(17)16(12)18/h3-9H,2,10H2,1H3. The summed E-state index contributed by atoms with van der Waals surface area (Å²) < 4.78 is 26.6. The molecule has 0 spiro atoms. The van der Waals surface area contributed by atoms with Crippen molar-refractivity contribution in [3.8, 4) is 0 Å². The number of thioether (sulfide) groups is 1. The highest BCUT2D eigenvalue weighted by Gasteiger charge is 2.13. The van der Waals surface area contributed by atoms with Crippen LogP contribution in [-0.2, 0) is 6.42 Å². The van der Waals surface area contributed by atoms with Crippen LogP contribution < -0.4 is 0 Å². The molecule has 0 amide bonds. The van der Waals surface area contributed by atoms with E-state index in [-0.39, 0.29) is 17.8 Å². The van der Waals surface area contributed by atoms with E-state index in [0.29, 0.717) is 5.56 Å². The smallest absolute Gasteiger partial charge is 0.167 e. The van der Waals surface area contributed by atoms with Gasteiger partial charge in [0.25, 0.3) is 0 Å². The molecule has 0 aliphatic heterocycles. The van der Waals surface area contributed by atoms with Crippen LogP contribution in [-0.4, -0.2) is 11.5 Å². The normalized spacial score (nSPS) is 10.6. The summed E-state index contributed by atoms with van der Waals surface area (Å²) in [5.41, 5.74) is 0.594. The maximum Gasteiger partial charge on any atom is 0.167 e. The zero-order chi connectivity index (χ0) is 14.5. The first-order chi connectivity index (χ1) is 9.61. The van der Waals surface area contributed by atoms with Crippen molar-refractivity contribution in [3.05, 3.63) is 65.2 Å². The lowest BCUT2D eigenvalue weighted by molar-refractivity contribution is 0.0991. The molecular formula is C16H14F2OS. The maximum atomic E-state index is 13.5. The minimum absolute atomic E-state index is 0.0852. The fraction of sp³-hybridized carbons (Fsp3) is 0.188. The molecule has 0 radical (unpaired) electrons. The molecule has 0 atom stereocenters. The van der Waals surface area contributed by atoms with Crippen molar-refractivity contribution in [1.82, 2.24) is 0 Å². The van der Waals surface area contributed by atoms with Gasteiger partial charge in [-0.2, -0.15) is 0 Å². The van der Waals surface area contributed by atoms with Crippen LogP contribution in [0.15, 0.2) is 47.4 Å². The van der Waals surface area contributed by atoms with Crippen LogP contribution in [0.25, 0.3) is 0 Å². The summed E-state index contributed by atoms with van der Waals surface area (Å²) in [6.07, 6.45) is -0.135. The second kappa shape index (κ2) is 6.66. The van der Waals surface area contributed by atoms with Crippen molar-refractivity contribution < 1.29 is 13.6 Å². The van der Waals surface area contributed by atoms with Gasteiger partial charge in [-0.05, 0) is 29.5 Å². The monoisotopic (exact) mass is 292 g/mol. The highest BCUT2D eigenvalue weighted by molar-refractivity contribution is 7.99. The van der Waals surface area contributed by atoms with Gasteiger partial charge in [-0.25, -0.2) is 8.78 Å². The number of benzene rings is 2. The van der Waals surface area contributed by atoms with E-state index in [1.165, 1.54) is 12.1 Å². The first-order valence-electron chi connectivity index (χ1n) is 6.30. The molecule has 0 saturated carbocycles. The lowest BCUT2D eigenvalue weighted by Gasteiger charge is -2.05. The molecule has 0 aliphatic carbocycles. The Morgan fingerprint density at radius 1 is 1.10 bits per heavy atom. The first-order valence-corrected chi connectivity index (χ1v) is 7.29. The largest absolute Gasteiger partial charge is 0.294 e. The molecule has 2 aromatic carbocycles. The van der Waals surface area contributed by atoms with Crippen LogP contribution in [0.5, 0.6) is 0 Å². The number of carbonyl (C=O) groups is 1. The fourth-order valence-electron chi connectivity index (χ4n) is 1.86. The second-order valence-electron chi connectivity index (χ2n) is 4.27. The van der Waals surface area contributed by atoms with Gasteiger partial charge >= 0.3 is 0 Å². The van der Waals surface area contributed by atoms with Crippen molar-refractivity contribution in [2.24, 2.45) is 0 Å². The van der Waals surface area contributed by atoms with Crippen molar-refractivity contribution in [1.29, 1.82) is 0 Å². The molecule has 0 N–H and O–H groups in total. The van der Waals surface area contributed by atoms with E-state index in [1.807, 2.05) is 12.1 Å². The molecule has 0 bridgehead atoms. The predicted molar refractivity (Wildman–Crippen MR) is 77.2 cm³/mol. The van der Waals surface area contributed by atoms with Gasteiger partial charge in [-0.15, -0.1) is 11.8 Å². The van der Waals surface area contributed by atoms with Crippen LogP contribution >= 0.6 is 11.8 Å². The van der Waals surface area contributed by atoms with E-state index in [1.54, 1.807) is 23.9 Å². The Morgan fingerprint density at radius 2 is 1.80 bits per heavy atom. The van der Waals surface area contributed by atoms with E-state index in [4.69, 9.17) is 0 Å². The van der Waals surface area contributed by atoms with Gasteiger partial charge in [-0.3, -0.25) is 4.79 Å². The number of rotatable bonds is 5. The van der Waals surface area contributed by atoms with Crippen molar-refractivity contribution in [2.75, 3.05) is 5.75 Å². The molecule has 0 heterocycles. The Bertz CT molecular complexity index is 608. The van der Waals surface area contributed by atoms with Gasteiger partial charge in [0, 0.05) is 16.9 Å². The number of hydrogen-bond donors (Lipinski definition) is 0. The zero-order valence-electron chi connectivity index (χ0n) is 11.0. The average molecular weight is 292 g/mol. The molecule has 0 aromatic heterocycles. The molecule has 0 fully saturated rings. The minimum atomic E-state index is -0.945. The first kappa shape index (κ1) is 14.7. The topological polar surface area (TPSA) is 17.1 Å². The Kier molecular flexibility index (Phi) is 4.90. The third kappa shape index (κ3) is 3.45. The van der Waals surface area contributed by atoms with Gasteiger partial charge in [0.05, 0.1) is 0 Å². The molecule has 2 aromatic rings. The number of Topliss-reactive ketones (excluding diaryl/α,β-unsaturated/α-hetero) is 1. The Labute approximate surface area is 121 Å². The van der Waals surface area contributed by atoms with E-state index in [2.05, 4.69) is 6.92 Å². The number of ketones is 1. The second-order valence-corrected chi connectivity index (χ2v) is 5.61. The average Bonchev–Trinajstić information content (AvgIpc) is 2.45. The fourth-order valence-corrected chi connectivity index (χ4v) is 2.53. The van der Waals surface area contributed by atoms with E-state index < -0.39 is 11.6 Å². The molecule has 20 heavy (non-hydrogen) atoms. The summed E-state index contributed by atoms with van der Waals surface area (Å²) >= 11 is 1.68. The van der Waals surface area contributed by atoms with Gasteiger partial charge in [0.2, 0.25) is 0 Å². The molecular weight excluding hydrogens is 278 g/mol. The Hall–Kier alpha value is -1.68. The van der Waals surface area contributed by atoms with Crippen LogP contribution in [0.4, 0.5) is 8.78 Å². The van der Waals surface area contributed by atoms with E-state index >= 15 is 0 Å². The van der Waals surface area contributed by atoms with Gasteiger partial charge in [0.1, 0.15) is 0 Å². The van der Waals surface area contributed by atoms with Crippen molar-refractivity contribution >= 4 is 17.5 Å². The number of carbonyl (C=O) groups excluding carboxylic acids is 1. The molecule has 4 heteroatoms. The maximum absolute atomic E-state index is 13.5. The number of halogens is 2. The summed E-state index contributed by atoms with van der Waals surface area (Å²) in [6.45, 7) is 2.05. The molecule has 0 saturated heterocycles. The minimum Gasteiger partial charge on any atom is -0.294 e. The molecule has 1 nitrogen and oxygen atoms in total. The summed E-state index contributed by atoms with van der Waals surface area (Å²) in [6, 6.07) is 11.0. The zero-order valence-corrected chi connectivity index (χ0v) is 11.8. The molecule has 104 valence electrons. The third-order valence-corrected chi connectivity index (χ3v) is 3.76. The Morgan fingerprint density at radius 3 is 2.45 bits per heavy atom. The highest BCUT2D eigenvalue weighted by Crippen LogP contribution is 2.19. The lowest BCUT2D eigenvalue weighted by atomic mass is 10.0. The summed E-state index contributed by atoms with van der Waals surface area (Å²) in [5, 5.41) is 0. The lowest BCUT2D eigenvalue weighted by Crippen LogP contribution is -2.06. The van der Waals surface area contributed by atoms with Gasteiger partial charge in [-0.1, -0.05) is 31.2 Å². The van der Waals surface area contributed by atoms with Crippen LogP contribution in [0.1, 0.15) is 22.8 Å².